The molecule has 33 heavy (non-hydrogen) atoms. The molecular weight excluding hydrogens is 414 g/mol. The van der Waals surface area contributed by atoms with Gasteiger partial charge in [-0.05, 0) is 62.2 Å². The van der Waals surface area contributed by atoms with Gasteiger partial charge in [0.1, 0.15) is 17.1 Å². The average molecular weight is 442 g/mol. The molecule has 0 atom stereocenters. The third kappa shape index (κ3) is 4.93. The van der Waals surface area contributed by atoms with Gasteiger partial charge >= 0.3 is 0 Å². The van der Waals surface area contributed by atoms with Crippen molar-refractivity contribution in [1.82, 2.24) is 0 Å². The molecule has 0 aliphatic rings. The van der Waals surface area contributed by atoms with Crippen molar-refractivity contribution in [3.63, 3.8) is 0 Å². The fourth-order valence-corrected chi connectivity index (χ4v) is 3.74. The molecule has 1 aromatic heterocycles. The maximum atomic E-state index is 12.7. The minimum atomic E-state index is -0.195. The number of amides is 1. The number of ether oxygens (including phenoxy) is 2. The van der Waals surface area contributed by atoms with Crippen LogP contribution in [0.4, 0.5) is 5.69 Å². The lowest BCUT2D eigenvalue weighted by Crippen LogP contribution is -2.08. The van der Waals surface area contributed by atoms with Crippen molar-refractivity contribution < 1.29 is 18.7 Å². The molecule has 0 aliphatic heterocycles. The van der Waals surface area contributed by atoms with Gasteiger partial charge in [-0.15, -0.1) is 0 Å². The maximum absolute atomic E-state index is 12.7. The molecule has 1 heterocycles. The van der Waals surface area contributed by atoms with Gasteiger partial charge < -0.3 is 19.2 Å². The van der Waals surface area contributed by atoms with Gasteiger partial charge in [-0.2, -0.15) is 0 Å². The lowest BCUT2D eigenvalue weighted by molar-refractivity contribution is -0.111. The molecule has 1 N–H and O–H groups in total. The SMILES string of the molecule is CCOc1cc2occ(-c3cccc(OC)c3)c2cc1/C(C)=C/C(=O)Nc1ccc(C)cc1. The van der Waals surface area contributed by atoms with Crippen LogP contribution in [0.2, 0.25) is 0 Å². The van der Waals surface area contributed by atoms with E-state index in [2.05, 4.69) is 5.32 Å². The highest BCUT2D eigenvalue weighted by Gasteiger charge is 2.16. The topological polar surface area (TPSA) is 60.7 Å². The second kappa shape index (κ2) is 9.65. The zero-order valence-corrected chi connectivity index (χ0v) is 19.3. The standard InChI is InChI=1S/C28H27NO4/c1-5-32-26-16-27-24(25(17-33-27)20-7-6-8-22(14-20)31-4)15-23(26)19(3)13-28(30)29-21-11-9-18(2)10-12-21/h6-17H,5H2,1-4H3,(H,29,30)/b19-13+. The molecule has 0 saturated carbocycles. The summed E-state index contributed by atoms with van der Waals surface area (Å²) in [4.78, 5) is 12.7. The Bertz CT molecular complexity index is 1320. The smallest absolute Gasteiger partial charge is 0.248 e. The number of allylic oxidation sites excluding steroid dienone is 1. The van der Waals surface area contributed by atoms with Crippen LogP contribution in [0.15, 0.2) is 77.4 Å². The number of hydrogen-bond donors (Lipinski definition) is 1. The number of benzene rings is 3. The fraction of sp³-hybridized carbons (Fsp3) is 0.179. The molecule has 0 unspecified atom stereocenters. The van der Waals surface area contributed by atoms with E-state index in [1.807, 2.05) is 81.4 Å². The van der Waals surface area contributed by atoms with E-state index in [1.165, 1.54) is 0 Å². The summed E-state index contributed by atoms with van der Waals surface area (Å²) in [5.41, 5.74) is 6.19. The van der Waals surface area contributed by atoms with Gasteiger partial charge in [0.2, 0.25) is 5.91 Å². The monoisotopic (exact) mass is 441 g/mol. The van der Waals surface area contributed by atoms with Crippen LogP contribution in [-0.2, 0) is 4.79 Å². The van der Waals surface area contributed by atoms with Gasteiger partial charge in [0.15, 0.2) is 0 Å². The molecule has 168 valence electrons. The van der Waals surface area contributed by atoms with E-state index in [4.69, 9.17) is 13.9 Å². The lowest BCUT2D eigenvalue weighted by Gasteiger charge is -2.12. The molecule has 3 aromatic carbocycles. The first-order valence-electron chi connectivity index (χ1n) is 10.9. The number of carbonyl (C=O) groups is 1. The average Bonchev–Trinajstić information content (AvgIpc) is 3.23. The quantitative estimate of drug-likeness (QED) is 0.318. The Morgan fingerprint density at radius 2 is 1.88 bits per heavy atom. The Morgan fingerprint density at radius 3 is 2.61 bits per heavy atom. The van der Waals surface area contributed by atoms with Crippen LogP contribution < -0.4 is 14.8 Å². The summed E-state index contributed by atoms with van der Waals surface area (Å²) in [5, 5.41) is 3.85. The Morgan fingerprint density at radius 1 is 1.09 bits per heavy atom. The van der Waals surface area contributed by atoms with Crippen LogP contribution >= 0.6 is 0 Å². The molecule has 0 bridgehead atoms. The summed E-state index contributed by atoms with van der Waals surface area (Å²) >= 11 is 0. The summed E-state index contributed by atoms with van der Waals surface area (Å²) in [5.74, 6) is 1.25. The molecule has 0 aliphatic carbocycles. The number of carbonyl (C=O) groups excluding carboxylic acids is 1. The van der Waals surface area contributed by atoms with E-state index >= 15 is 0 Å². The second-order valence-electron chi connectivity index (χ2n) is 7.84. The van der Waals surface area contributed by atoms with Crippen LogP contribution in [-0.4, -0.2) is 19.6 Å². The fourth-order valence-electron chi connectivity index (χ4n) is 3.74. The van der Waals surface area contributed by atoms with Crippen molar-refractivity contribution in [2.24, 2.45) is 0 Å². The van der Waals surface area contributed by atoms with Crippen LogP contribution in [0, 0.1) is 6.92 Å². The Hall–Kier alpha value is -3.99. The van der Waals surface area contributed by atoms with E-state index in [0.29, 0.717) is 12.4 Å². The number of methoxy groups -OCH3 is 1. The molecule has 0 fully saturated rings. The predicted octanol–water partition coefficient (Wildman–Crippen LogP) is 6.86. The molecular formula is C28H27NO4. The van der Waals surface area contributed by atoms with Crippen molar-refractivity contribution in [3.8, 4) is 22.6 Å². The molecule has 0 saturated heterocycles. The largest absolute Gasteiger partial charge is 0.497 e. The van der Waals surface area contributed by atoms with Crippen molar-refractivity contribution in [1.29, 1.82) is 0 Å². The van der Waals surface area contributed by atoms with Gasteiger partial charge in [0.05, 0.1) is 20.0 Å². The Balaban J connectivity index is 1.72. The van der Waals surface area contributed by atoms with Gasteiger partial charge in [-0.25, -0.2) is 0 Å². The third-order valence-electron chi connectivity index (χ3n) is 5.45. The lowest BCUT2D eigenvalue weighted by atomic mass is 9.99. The highest BCUT2D eigenvalue weighted by atomic mass is 16.5. The summed E-state index contributed by atoms with van der Waals surface area (Å²) in [6.07, 6.45) is 3.33. The van der Waals surface area contributed by atoms with Crippen molar-refractivity contribution in [3.05, 3.63) is 84.1 Å². The normalized spacial score (nSPS) is 11.5. The molecule has 0 radical (unpaired) electrons. The molecule has 5 heteroatoms. The summed E-state index contributed by atoms with van der Waals surface area (Å²) in [7, 11) is 1.65. The molecule has 4 rings (SSSR count). The Kier molecular flexibility index (Phi) is 6.50. The van der Waals surface area contributed by atoms with Gasteiger partial charge in [0.25, 0.3) is 0 Å². The zero-order valence-electron chi connectivity index (χ0n) is 19.3. The molecule has 5 nitrogen and oxygen atoms in total. The first kappa shape index (κ1) is 22.2. The summed E-state index contributed by atoms with van der Waals surface area (Å²) in [6, 6.07) is 19.4. The number of hydrogen-bond acceptors (Lipinski definition) is 4. The van der Waals surface area contributed by atoms with Crippen molar-refractivity contribution >= 4 is 28.1 Å². The highest BCUT2D eigenvalue weighted by Crippen LogP contribution is 2.38. The van der Waals surface area contributed by atoms with Crippen LogP contribution in [0.1, 0.15) is 25.0 Å². The number of aryl methyl sites for hydroxylation is 1. The molecule has 0 spiro atoms. The van der Waals surface area contributed by atoms with Gasteiger partial charge in [0, 0.05) is 34.3 Å². The first-order chi connectivity index (χ1) is 16.0. The highest BCUT2D eigenvalue weighted by molar-refractivity contribution is 6.05. The summed E-state index contributed by atoms with van der Waals surface area (Å²) < 4.78 is 17.1. The number of rotatable bonds is 7. The van der Waals surface area contributed by atoms with E-state index in [0.717, 1.165) is 50.2 Å². The van der Waals surface area contributed by atoms with E-state index in [1.54, 1.807) is 19.4 Å². The number of nitrogens with one attached hydrogen (secondary N) is 1. The first-order valence-corrected chi connectivity index (χ1v) is 10.9. The maximum Gasteiger partial charge on any atom is 0.248 e. The van der Waals surface area contributed by atoms with E-state index in [-0.39, 0.29) is 5.91 Å². The van der Waals surface area contributed by atoms with Crippen LogP contribution in [0.25, 0.3) is 27.7 Å². The minimum Gasteiger partial charge on any atom is -0.497 e. The zero-order chi connectivity index (χ0) is 23.4. The molecule has 4 aromatic rings. The number of fused-ring (bicyclic) bond motifs is 1. The summed E-state index contributed by atoms with van der Waals surface area (Å²) in [6.45, 7) is 6.35. The Labute approximate surface area is 193 Å². The van der Waals surface area contributed by atoms with Crippen molar-refractivity contribution in [2.75, 3.05) is 19.0 Å². The molecule has 1 amide bonds. The van der Waals surface area contributed by atoms with E-state index < -0.39 is 0 Å². The number of anilines is 1. The third-order valence-corrected chi connectivity index (χ3v) is 5.45. The number of furan rings is 1. The second-order valence-corrected chi connectivity index (χ2v) is 7.84. The van der Waals surface area contributed by atoms with E-state index in [9.17, 15) is 4.79 Å². The van der Waals surface area contributed by atoms with Crippen LogP contribution in [0.5, 0.6) is 11.5 Å². The van der Waals surface area contributed by atoms with Gasteiger partial charge in [-0.1, -0.05) is 29.8 Å². The van der Waals surface area contributed by atoms with Gasteiger partial charge in [-0.3, -0.25) is 4.79 Å². The van der Waals surface area contributed by atoms with Crippen molar-refractivity contribution in [2.45, 2.75) is 20.8 Å². The predicted molar refractivity (Wildman–Crippen MR) is 133 cm³/mol. The van der Waals surface area contributed by atoms with Crippen LogP contribution in [0.3, 0.4) is 0 Å². The minimum absolute atomic E-state index is 0.195.